The molecule has 0 unspecified atom stereocenters. The Morgan fingerprint density at radius 2 is 1.54 bits per heavy atom. The molecule has 0 aromatic heterocycles. The first-order chi connectivity index (χ1) is 12.1. The van der Waals surface area contributed by atoms with E-state index in [4.69, 9.17) is 0 Å². The maximum absolute atomic E-state index is 13.0. The van der Waals surface area contributed by atoms with Crippen LogP contribution in [0, 0.1) is 11.6 Å². The molecular weight excluding hydrogens is 359 g/mol. The van der Waals surface area contributed by atoms with Gasteiger partial charge in [0, 0.05) is 11.8 Å². The van der Waals surface area contributed by atoms with E-state index in [1.165, 1.54) is 12.1 Å². The fourth-order valence-electron chi connectivity index (χ4n) is 2.02. The van der Waals surface area contributed by atoms with Gasteiger partial charge in [0.15, 0.2) is 11.6 Å². The first-order valence-electron chi connectivity index (χ1n) is 7.33. The van der Waals surface area contributed by atoms with Crippen molar-refractivity contribution in [2.24, 2.45) is 0 Å². The maximum atomic E-state index is 13.0. The van der Waals surface area contributed by atoms with Gasteiger partial charge >= 0.3 is 6.18 Å². The molecule has 2 N–H and O–H groups in total. The molecule has 0 atom stereocenters. The highest BCUT2D eigenvalue weighted by molar-refractivity contribution is 5.94. The van der Waals surface area contributed by atoms with Crippen LogP contribution in [0.15, 0.2) is 42.5 Å². The lowest BCUT2D eigenvalue weighted by Gasteiger charge is -2.09. The number of nitrogens with one attached hydrogen (secondary N) is 2. The van der Waals surface area contributed by atoms with Crippen LogP contribution in [0.1, 0.15) is 11.1 Å². The summed E-state index contributed by atoms with van der Waals surface area (Å²) in [7, 11) is 0. The minimum atomic E-state index is -4.46. The Hall–Kier alpha value is -2.97. The zero-order valence-electron chi connectivity index (χ0n) is 13.2. The molecular formula is C17H13F5N2O2. The quantitative estimate of drug-likeness (QED) is 0.792. The molecule has 0 fully saturated rings. The van der Waals surface area contributed by atoms with Gasteiger partial charge in [0.2, 0.25) is 11.8 Å². The molecule has 2 aromatic rings. The number of halogens is 5. The van der Waals surface area contributed by atoms with Gasteiger partial charge in [0.1, 0.15) is 0 Å². The van der Waals surface area contributed by atoms with Crippen LogP contribution in [0.2, 0.25) is 0 Å². The van der Waals surface area contributed by atoms with Gasteiger partial charge in [0.25, 0.3) is 0 Å². The second-order valence-electron chi connectivity index (χ2n) is 5.33. The van der Waals surface area contributed by atoms with E-state index in [1.807, 2.05) is 0 Å². The van der Waals surface area contributed by atoms with Crippen molar-refractivity contribution in [1.29, 1.82) is 0 Å². The summed E-state index contributed by atoms with van der Waals surface area (Å²) in [6.07, 6.45) is -4.67. The smallest absolute Gasteiger partial charge is 0.347 e. The van der Waals surface area contributed by atoms with Crippen LogP contribution >= 0.6 is 0 Å². The molecule has 9 heteroatoms. The molecule has 0 saturated carbocycles. The first-order valence-corrected chi connectivity index (χ1v) is 7.33. The van der Waals surface area contributed by atoms with E-state index in [9.17, 15) is 31.5 Å². The fourth-order valence-corrected chi connectivity index (χ4v) is 2.02. The molecule has 0 radical (unpaired) electrons. The van der Waals surface area contributed by atoms with Crippen molar-refractivity contribution in [3.05, 3.63) is 65.2 Å². The molecule has 0 aliphatic rings. The Kier molecular flexibility index (Phi) is 5.91. The Labute approximate surface area is 145 Å². The number of rotatable bonds is 5. The number of hydrogen-bond acceptors (Lipinski definition) is 2. The SMILES string of the molecule is O=C(Cc1ccc(C(F)(F)F)cc1)NCC(=O)Nc1ccc(F)c(F)c1. The molecule has 26 heavy (non-hydrogen) atoms. The Balaban J connectivity index is 1.82. The van der Waals surface area contributed by atoms with Gasteiger partial charge < -0.3 is 10.6 Å². The number of alkyl halides is 3. The Morgan fingerprint density at radius 1 is 0.885 bits per heavy atom. The summed E-state index contributed by atoms with van der Waals surface area (Å²) in [4.78, 5) is 23.4. The van der Waals surface area contributed by atoms with Crippen molar-refractivity contribution in [2.75, 3.05) is 11.9 Å². The minimum absolute atomic E-state index is 0.0193. The molecule has 0 aliphatic carbocycles. The third kappa shape index (κ3) is 5.54. The van der Waals surface area contributed by atoms with Gasteiger partial charge in [0.05, 0.1) is 18.5 Å². The third-order valence-electron chi connectivity index (χ3n) is 3.30. The van der Waals surface area contributed by atoms with Crippen LogP contribution in [-0.4, -0.2) is 18.4 Å². The van der Waals surface area contributed by atoms with E-state index in [1.54, 1.807) is 0 Å². The van der Waals surface area contributed by atoms with Gasteiger partial charge in [-0.15, -0.1) is 0 Å². The molecule has 2 rings (SSSR count). The molecule has 0 spiro atoms. The predicted molar refractivity (Wildman–Crippen MR) is 83.1 cm³/mol. The zero-order valence-corrected chi connectivity index (χ0v) is 13.2. The van der Waals surface area contributed by atoms with Gasteiger partial charge in [-0.25, -0.2) is 8.78 Å². The zero-order chi connectivity index (χ0) is 19.3. The molecule has 0 aliphatic heterocycles. The van der Waals surface area contributed by atoms with Crippen LogP contribution in [0.4, 0.5) is 27.6 Å². The fraction of sp³-hybridized carbons (Fsp3) is 0.176. The average Bonchev–Trinajstić information content (AvgIpc) is 2.56. The number of anilines is 1. The van der Waals surface area contributed by atoms with E-state index in [0.29, 0.717) is 5.56 Å². The summed E-state index contributed by atoms with van der Waals surface area (Å²) in [5.74, 6) is -3.44. The van der Waals surface area contributed by atoms with E-state index >= 15 is 0 Å². The largest absolute Gasteiger partial charge is 0.416 e. The third-order valence-corrected chi connectivity index (χ3v) is 3.30. The molecule has 0 heterocycles. The van der Waals surface area contributed by atoms with Crippen LogP contribution in [-0.2, 0) is 22.2 Å². The predicted octanol–water partition coefficient (Wildman–Crippen LogP) is 3.28. The van der Waals surface area contributed by atoms with Crippen LogP contribution in [0.5, 0.6) is 0 Å². The first kappa shape index (κ1) is 19.4. The van der Waals surface area contributed by atoms with Gasteiger partial charge in [-0.1, -0.05) is 12.1 Å². The van der Waals surface area contributed by atoms with Crippen molar-refractivity contribution < 1.29 is 31.5 Å². The highest BCUT2D eigenvalue weighted by Crippen LogP contribution is 2.29. The van der Waals surface area contributed by atoms with Crippen molar-refractivity contribution in [3.8, 4) is 0 Å². The summed E-state index contributed by atoms with van der Waals surface area (Å²) in [6, 6.07) is 6.84. The van der Waals surface area contributed by atoms with Gasteiger partial charge in [-0.2, -0.15) is 13.2 Å². The monoisotopic (exact) mass is 372 g/mol. The summed E-state index contributed by atoms with van der Waals surface area (Å²) in [5, 5.41) is 4.55. The van der Waals surface area contributed by atoms with Crippen molar-refractivity contribution in [3.63, 3.8) is 0 Å². The van der Waals surface area contributed by atoms with Crippen LogP contribution in [0.3, 0.4) is 0 Å². The van der Waals surface area contributed by atoms with Crippen molar-refractivity contribution in [2.45, 2.75) is 12.6 Å². The Morgan fingerprint density at radius 3 is 2.12 bits per heavy atom. The van der Waals surface area contributed by atoms with Crippen molar-refractivity contribution >= 4 is 17.5 Å². The molecule has 4 nitrogen and oxygen atoms in total. The number of amides is 2. The molecule has 138 valence electrons. The summed E-state index contributed by atoms with van der Waals surface area (Å²) in [5.41, 5.74) is -0.463. The molecule has 0 saturated heterocycles. The number of hydrogen-bond donors (Lipinski definition) is 2. The summed E-state index contributed by atoms with van der Waals surface area (Å²) in [6.45, 7) is -0.432. The van der Waals surface area contributed by atoms with E-state index in [2.05, 4.69) is 10.6 Å². The molecule has 2 aromatic carbocycles. The maximum Gasteiger partial charge on any atom is 0.416 e. The van der Waals surface area contributed by atoms with Crippen LogP contribution < -0.4 is 10.6 Å². The number of benzene rings is 2. The van der Waals surface area contributed by atoms with Gasteiger partial charge in [-0.05, 0) is 29.8 Å². The van der Waals surface area contributed by atoms with Crippen LogP contribution in [0.25, 0.3) is 0 Å². The summed E-state index contributed by atoms with van der Waals surface area (Å²) >= 11 is 0. The standard InChI is InChI=1S/C17H13F5N2O2/c18-13-6-5-12(8-14(13)19)24-16(26)9-23-15(25)7-10-1-3-11(4-2-10)17(20,21)22/h1-6,8H,7,9H2,(H,23,25)(H,24,26). The molecule has 2 amide bonds. The second-order valence-corrected chi connectivity index (χ2v) is 5.33. The summed E-state index contributed by atoms with van der Waals surface area (Å²) < 4.78 is 63.2. The lowest BCUT2D eigenvalue weighted by atomic mass is 10.1. The Bertz CT molecular complexity index is 804. The highest BCUT2D eigenvalue weighted by Gasteiger charge is 2.29. The minimum Gasteiger partial charge on any atom is -0.347 e. The second kappa shape index (κ2) is 7.94. The normalized spacial score (nSPS) is 11.1. The topological polar surface area (TPSA) is 58.2 Å². The van der Waals surface area contributed by atoms with E-state index in [-0.39, 0.29) is 12.1 Å². The lowest BCUT2D eigenvalue weighted by Crippen LogP contribution is -2.33. The average molecular weight is 372 g/mol. The lowest BCUT2D eigenvalue weighted by molar-refractivity contribution is -0.137. The number of carbonyl (C=O) groups excluding carboxylic acids is 2. The molecule has 0 bridgehead atoms. The number of carbonyl (C=O) groups is 2. The van der Waals surface area contributed by atoms with E-state index < -0.39 is 41.7 Å². The van der Waals surface area contributed by atoms with Crippen molar-refractivity contribution in [1.82, 2.24) is 5.32 Å². The highest BCUT2D eigenvalue weighted by atomic mass is 19.4. The van der Waals surface area contributed by atoms with Gasteiger partial charge in [-0.3, -0.25) is 9.59 Å². The van der Waals surface area contributed by atoms with E-state index in [0.717, 1.165) is 30.3 Å².